The quantitative estimate of drug-likeness (QED) is 0.773. The first-order valence-corrected chi connectivity index (χ1v) is 9.08. The number of Topliss-reactive ketones (excluding diaryl/α,β-unsaturated/α-hetero) is 1. The summed E-state index contributed by atoms with van der Waals surface area (Å²) in [5.74, 6) is 0.441. The SMILES string of the molecule is CCOc1ncccc1C(=O)N1CCC(C(=O)c2ccc(C)cc2)CC1. The molecule has 1 aromatic carbocycles. The van der Waals surface area contributed by atoms with Gasteiger partial charge in [0.15, 0.2) is 5.78 Å². The van der Waals surface area contributed by atoms with Crippen molar-refractivity contribution in [1.29, 1.82) is 0 Å². The van der Waals surface area contributed by atoms with E-state index in [0.717, 1.165) is 11.1 Å². The van der Waals surface area contributed by atoms with E-state index in [0.29, 0.717) is 44.0 Å². The topological polar surface area (TPSA) is 59.5 Å². The van der Waals surface area contributed by atoms with Crippen LogP contribution in [0, 0.1) is 12.8 Å². The molecule has 2 aromatic rings. The molecule has 0 spiro atoms. The third kappa shape index (κ3) is 3.93. The average Bonchev–Trinajstić information content (AvgIpc) is 2.68. The number of ether oxygens (including phenoxy) is 1. The molecule has 2 heterocycles. The minimum absolute atomic E-state index is 0.0259. The van der Waals surface area contributed by atoms with Crippen LogP contribution in [0.3, 0.4) is 0 Å². The first kappa shape index (κ1) is 18.1. The molecule has 1 aliphatic rings. The Labute approximate surface area is 154 Å². The van der Waals surface area contributed by atoms with Crippen LogP contribution >= 0.6 is 0 Å². The lowest BCUT2D eigenvalue weighted by Gasteiger charge is -2.31. The fourth-order valence-corrected chi connectivity index (χ4v) is 3.27. The molecule has 0 bridgehead atoms. The van der Waals surface area contributed by atoms with E-state index in [4.69, 9.17) is 4.74 Å². The van der Waals surface area contributed by atoms with Gasteiger partial charge in [-0.1, -0.05) is 29.8 Å². The molecule has 1 amide bonds. The standard InChI is InChI=1S/C21H24N2O3/c1-3-26-20-18(5-4-12-22-20)21(25)23-13-10-17(11-14-23)19(24)16-8-6-15(2)7-9-16/h4-9,12,17H,3,10-11,13-14H2,1-2H3. The highest BCUT2D eigenvalue weighted by atomic mass is 16.5. The van der Waals surface area contributed by atoms with Crippen molar-refractivity contribution >= 4 is 11.7 Å². The molecule has 0 saturated carbocycles. The summed E-state index contributed by atoms with van der Waals surface area (Å²) in [4.78, 5) is 31.4. The number of hydrogen-bond donors (Lipinski definition) is 0. The van der Waals surface area contributed by atoms with E-state index in [1.807, 2.05) is 38.1 Å². The number of piperidine rings is 1. The van der Waals surface area contributed by atoms with Gasteiger partial charge in [0.1, 0.15) is 5.56 Å². The molecule has 1 saturated heterocycles. The van der Waals surface area contributed by atoms with E-state index in [-0.39, 0.29) is 17.6 Å². The number of carbonyl (C=O) groups excluding carboxylic acids is 2. The van der Waals surface area contributed by atoms with Gasteiger partial charge in [0.05, 0.1) is 6.61 Å². The zero-order valence-corrected chi connectivity index (χ0v) is 15.3. The van der Waals surface area contributed by atoms with Crippen molar-refractivity contribution in [3.05, 3.63) is 59.3 Å². The van der Waals surface area contributed by atoms with E-state index >= 15 is 0 Å². The molecule has 1 aliphatic heterocycles. The molecular formula is C21H24N2O3. The number of rotatable bonds is 5. The number of ketones is 1. The second-order valence-electron chi connectivity index (χ2n) is 6.59. The maximum absolute atomic E-state index is 12.8. The van der Waals surface area contributed by atoms with Crippen LogP contribution in [0.5, 0.6) is 5.88 Å². The molecule has 0 atom stereocenters. The van der Waals surface area contributed by atoms with Gasteiger partial charge in [-0.15, -0.1) is 0 Å². The summed E-state index contributed by atoms with van der Waals surface area (Å²) < 4.78 is 5.46. The molecular weight excluding hydrogens is 328 g/mol. The molecule has 5 heteroatoms. The van der Waals surface area contributed by atoms with Gasteiger partial charge in [0.2, 0.25) is 5.88 Å². The number of likely N-dealkylation sites (tertiary alicyclic amines) is 1. The Bertz CT molecular complexity index is 778. The number of amides is 1. The predicted molar refractivity (Wildman–Crippen MR) is 99.5 cm³/mol. The summed E-state index contributed by atoms with van der Waals surface area (Å²) in [6.07, 6.45) is 2.99. The van der Waals surface area contributed by atoms with E-state index in [1.54, 1.807) is 23.2 Å². The monoisotopic (exact) mass is 352 g/mol. The molecule has 5 nitrogen and oxygen atoms in total. The minimum atomic E-state index is -0.0808. The van der Waals surface area contributed by atoms with Crippen LogP contribution in [-0.4, -0.2) is 41.3 Å². The Morgan fingerprint density at radius 2 is 1.85 bits per heavy atom. The second kappa shape index (κ2) is 8.13. The summed E-state index contributed by atoms with van der Waals surface area (Å²) in [5.41, 5.74) is 2.38. The number of hydrogen-bond acceptors (Lipinski definition) is 4. The zero-order chi connectivity index (χ0) is 18.5. The fraction of sp³-hybridized carbons (Fsp3) is 0.381. The largest absolute Gasteiger partial charge is 0.477 e. The Hall–Kier alpha value is -2.69. The summed E-state index contributed by atoms with van der Waals surface area (Å²) in [6, 6.07) is 11.2. The Balaban J connectivity index is 1.64. The summed E-state index contributed by atoms with van der Waals surface area (Å²) in [6.45, 7) is 5.48. The van der Waals surface area contributed by atoms with Gasteiger partial charge in [0, 0.05) is 30.8 Å². The summed E-state index contributed by atoms with van der Waals surface area (Å²) in [5, 5.41) is 0. The van der Waals surface area contributed by atoms with Crippen LogP contribution in [0.2, 0.25) is 0 Å². The third-order valence-electron chi connectivity index (χ3n) is 4.77. The lowest BCUT2D eigenvalue weighted by molar-refractivity contribution is 0.0646. The molecule has 0 radical (unpaired) electrons. The van der Waals surface area contributed by atoms with Crippen LogP contribution in [0.4, 0.5) is 0 Å². The van der Waals surface area contributed by atoms with Crippen molar-refractivity contribution in [3.63, 3.8) is 0 Å². The normalized spacial score (nSPS) is 14.9. The van der Waals surface area contributed by atoms with Crippen molar-refractivity contribution in [2.24, 2.45) is 5.92 Å². The Kier molecular flexibility index (Phi) is 5.66. The molecule has 0 aliphatic carbocycles. The average molecular weight is 352 g/mol. The smallest absolute Gasteiger partial charge is 0.259 e. The van der Waals surface area contributed by atoms with Gasteiger partial charge in [-0.25, -0.2) is 4.98 Å². The van der Waals surface area contributed by atoms with Crippen molar-refractivity contribution in [3.8, 4) is 5.88 Å². The molecule has 0 unspecified atom stereocenters. The predicted octanol–water partition coefficient (Wildman–Crippen LogP) is 3.52. The van der Waals surface area contributed by atoms with Crippen LogP contribution < -0.4 is 4.74 Å². The van der Waals surface area contributed by atoms with E-state index < -0.39 is 0 Å². The van der Waals surface area contributed by atoms with E-state index in [9.17, 15) is 9.59 Å². The number of pyridine rings is 1. The number of aromatic nitrogens is 1. The second-order valence-corrected chi connectivity index (χ2v) is 6.59. The van der Waals surface area contributed by atoms with Crippen molar-refractivity contribution in [2.75, 3.05) is 19.7 Å². The maximum Gasteiger partial charge on any atom is 0.259 e. The Morgan fingerprint density at radius 1 is 1.15 bits per heavy atom. The lowest BCUT2D eigenvalue weighted by Crippen LogP contribution is -2.40. The van der Waals surface area contributed by atoms with Gasteiger partial charge in [-0.05, 0) is 38.8 Å². The van der Waals surface area contributed by atoms with Gasteiger partial charge in [0.25, 0.3) is 5.91 Å². The first-order valence-electron chi connectivity index (χ1n) is 9.08. The van der Waals surface area contributed by atoms with Gasteiger partial charge >= 0.3 is 0 Å². The Morgan fingerprint density at radius 3 is 2.50 bits per heavy atom. The minimum Gasteiger partial charge on any atom is -0.477 e. The van der Waals surface area contributed by atoms with Gasteiger partial charge in [-0.3, -0.25) is 9.59 Å². The first-order chi connectivity index (χ1) is 12.6. The molecule has 26 heavy (non-hydrogen) atoms. The van der Waals surface area contributed by atoms with E-state index in [2.05, 4.69) is 4.98 Å². The van der Waals surface area contributed by atoms with Crippen molar-refractivity contribution < 1.29 is 14.3 Å². The molecule has 0 N–H and O–H groups in total. The van der Waals surface area contributed by atoms with Crippen LogP contribution in [0.25, 0.3) is 0 Å². The number of nitrogens with zero attached hydrogens (tertiary/aromatic N) is 2. The molecule has 136 valence electrons. The van der Waals surface area contributed by atoms with Crippen LogP contribution in [-0.2, 0) is 0 Å². The van der Waals surface area contributed by atoms with Gasteiger partial charge < -0.3 is 9.64 Å². The van der Waals surface area contributed by atoms with Crippen molar-refractivity contribution in [1.82, 2.24) is 9.88 Å². The molecule has 3 rings (SSSR count). The highest BCUT2D eigenvalue weighted by molar-refractivity contribution is 5.99. The number of aryl methyl sites for hydroxylation is 1. The van der Waals surface area contributed by atoms with Crippen LogP contribution in [0.1, 0.15) is 46.0 Å². The van der Waals surface area contributed by atoms with Gasteiger partial charge in [-0.2, -0.15) is 0 Å². The highest BCUT2D eigenvalue weighted by Gasteiger charge is 2.29. The van der Waals surface area contributed by atoms with Crippen LogP contribution in [0.15, 0.2) is 42.6 Å². The van der Waals surface area contributed by atoms with Crippen molar-refractivity contribution in [2.45, 2.75) is 26.7 Å². The fourth-order valence-electron chi connectivity index (χ4n) is 3.27. The number of benzene rings is 1. The maximum atomic E-state index is 12.8. The highest BCUT2D eigenvalue weighted by Crippen LogP contribution is 2.25. The summed E-state index contributed by atoms with van der Waals surface area (Å²) in [7, 11) is 0. The molecule has 1 fully saturated rings. The third-order valence-corrected chi connectivity index (χ3v) is 4.77. The molecule has 1 aromatic heterocycles. The zero-order valence-electron chi connectivity index (χ0n) is 15.3. The number of carbonyl (C=O) groups is 2. The lowest BCUT2D eigenvalue weighted by atomic mass is 9.88. The summed E-state index contributed by atoms with van der Waals surface area (Å²) >= 11 is 0. The van der Waals surface area contributed by atoms with E-state index in [1.165, 1.54) is 0 Å².